The first kappa shape index (κ1) is 14.1. The molecule has 0 bridgehead atoms. The highest BCUT2D eigenvalue weighted by Crippen LogP contribution is 2.26. The lowest BCUT2D eigenvalue weighted by Gasteiger charge is -2.11. The zero-order valence-corrected chi connectivity index (χ0v) is 10.5. The van der Waals surface area contributed by atoms with Crippen LogP contribution in [0.3, 0.4) is 0 Å². The monoisotopic (exact) mass is 277 g/mol. The van der Waals surface area contributed by atoms with E-state index in [2.05, 4.69) is 0 Å². The number of rotatable bonds is 4. The third kappa shape index (κ3) is 3.19. The van der Waals surface area contributed by atoms with Crippen molar-refractivity contribution in [2.45, 2.75) is 12.5 Å². The van der Waals surface area contributed by atoms with E-state index >= 15 is 0 Å². The van der Waals surface area contributed by atoms with Crippen LogP contribution in [0.4, 0.5) is 8.78 Å². The van der Waals surface area contributed by atoms with Gasteiger partial charge in [0, 0.05) is 11.6 Å². The first-order valence-electron chi connectivity index (χ1n) is 6.00. The van der Waals surface area contributed by atoms with Crippen molar-refractivity contribution in [1.29, 1.82) is 0 Å². The van der Waals surface area contributed by atoms with Crippen LogP contribution >= 0.6 is 0 Å². The van der Waals surface area contributed by atoms with Gasteiger partial charge in [-0.25, -0.2) is 8.78 Å². The lowest BCUT2D eigenvalue weighted by atomic mass is 9.98. The van der Waals surface area contributed by atoms with Crippen LogP contribution in [0.5, 0.6) is 0 Å². The van der Waals surface area contributed by atoms with Crippen molar-refractivity contribution in [3.05, 3.63) is 59.7 Å². The van der Waals surface area contributed by atoms with Crippen molar-refractivity contribution in [2.24, 2.45) is 5.73 Å². The van der Waals surface area contributed by atoms with E-state index < -0.39 is 23.6 Å². The van der Waals surface area contributed by atoms with Crippen LogP contribution in [0, 0.1) is 11.6 Å². The SMILES string of the molecule is NC(CC(=O)O)c1cccc(-c2cc(F)ccc2F)c1. The van der Waals surface area contributed by atoms with Crippen molar-refractivity contribution in [2.75, 3.05) is 0 Å². The maximum absolute atomic E-state index is 13.7. The quantitative estimate of drug-likeness (QED) is 0.902. The second-order valence-electron chi connectivity index (χ2n) is 4.45. The Bertz CT molecular complexity index is 644. The average Bonchev–Trinajstić information content (AvgIpc) is 2.41. The van der Waals surface area contributed by atoms with Crippen LogP contribution < -0.4 is 5.73 Å². The Balaban J connectivity index is 2.39. The molecule has 2 rings (SSSR count). The molecule has 0 aliphatic heterocycles. The molecule has 0 aliphatic rings. The molecule has 0 heterocycles. The zero-order chi connectivity index (χ0) is 14.7. The molecule has 0 saturated carbocycles. The van der Waals surface area contributed by atoms with E-state index in [1.165, 1.54) is 0 Å². The summed E-state index contributed by atoms with van der Waals surface area (Å²) in [5.41, 5.74) is 6.90. The zero-order valence-electron chi connectivity index (χ0n) is 10.5. The standard InChI is InChI=1S/C15H13F2NO2/c16-11-4-5-13(17)12(7-11)9-2-1-3-10(6-9)14(18)8-15(19)20/h1-7,14H,8,18H2,(H,19,20). The number of benzene rings is 2. The number of hydrogen-bond acceptors (Lipinski definition) is 2. The summed E-state index contributed by atoms with van der Waals surface area (Å²) in [4.78, 5) is 10.6. The minimum atomic E-state index is -1.01. The number of halogens is 2. The molecule has 5 heteroatoms. The first-order valence-corrected chi connectivity index (χ1v) is 6.00. The van der Waals surface area contributed by atoms with Gasteiger partial charge in [-0.3, -0.25) is 4.79 Å². The maximum atomic E-state index is 13.7. The molecular formula is C15H13F2NO2. The summed E-state index contributed by atoms with van der Waals surface area (Å²) in [6.45, 7) is 0. The van der Waals surface area contributed by atoms with E-state index in [0.29, 0.717) is 11.1 Å². The number of carbonyl (C=O) groups is 1. The van der Waals surface area contributed by atoms with Gasteiger partial charge in [-0.1, -0.05) is 18.2 Å². The topological polar surface area (TPSA) is 63.3 Å². The second kappa shape index (κ2) is 5.79. The molecule has 3 N–H and O–H groups in total. The largest absolute Gasteiger partial charge is 0.481 e. The van der Waals surface area contributed by atoms with Gasteiger partial charge in [0.25, 0.3) is 0 Å². The third-order valence-corrected chi connectivity index (χ3v) is 2.95. The molecule has 20 heavy (non-hydrogen) atoms. The predicted octanol–water partition coefficient (Wildman–Crippen LogP) is 3.11. The highest BCUT2D eigenvalue weighted by molar-refractivity contribution is 5.69. The third-order valence-electron chi connectivity index (χ3n) is 2.95. The van der Waals surface area contributed by atoms with Gasteiger partial charge in [0.2, 0.25) is 0 Å². The molecule has 2 aromatic carbocycles. The van der Waals surface area contributed by atoms with Gasteiger partial charge in [0.1, 0.15) is 11.6 Å². The highest BCUT2D eigenvalue weighted by atomic mass is 19.1. The fourth-order valence-electron chi connectivity index (χ4n) is 1.96. The van der Waals surface area contributed by atoms with E-state index in [1.807, 2.05) is 0 Å². The Kier molecular flexibility index (Phi) is 4.10. The summed E-state index contributed by atoms with van der Waals surface area (Å²) >= 11 is 0. The Morgan fingerprint density at radius 2 is 1.95 bits per heavy atom. The van der Waals surface area contributed by atoms with Crippen LogP contribution in [-0.4, -0.2) is 11.1 Å². The molecule has 0 aliphatic carbocycles. The van der Waals surface area contributed by atoms with Gasteiger partial charge in [0.05, 0.1) is 6.42 Å². The first-order chi connectivity index (χ1) is 9.47. The Morgan fingerprint density at radius 3 is 2.65 bits per heavy atom. The van der Waals surface area contributed by atoms with Gasteiger partial charge in [-0.2, -0.15) is 0 Å². The summed E-state index contributed by atoms with van der Waals surface area (Å²) in [7, 11) is 0. The van der Waals surface area contributed by atoms with Crippen LogP contribution in [0.25, 0.3) is 11.1 Å². The summed E-state index contributed by atoms with van der Waals surface area (Å²) < 4.78 is 26.9. The van der Waals surface area contributed by atoms with Crippen LogP contribution in [0.15, 0.2) is 42.5 Å². The second-order valence-corrected chi connectivity index (χ2v) is 4.45. The molecule has 0 saturated heterocycles. The summed E-state index contributed by atoms with van der Waals surface area (Å²) in [5, 5.41) is 8.72. The number of carboxylic acids is 1. The lowest BCUT2D eigenvalue weighted by Crippen LogP contribution is -2.14. The van der Waals surface area contributed by atoms with Crippen molar-refractivity contribution in [3.8, 4) is 11.1 Å². The number of hydrogen-bond donors (Lipinski definition) is 2. The van der Waals surface area contributed by atoms with Crippen LogP contribution in [0.2, 0.25) is 0 Å². The number of nitrogens with two attached hydrogens (primary N) is 1. The van der Waals surface area contributed by atoms with E-state index in [9.17, 15) is 13.6 Å². The van der Waals surface area contributed by atoms with E-state index in [4.69, 9.17) is 10.8 Å². The van der Waals surface area contributed by atoms with Gasteiger partial charge in [-0.05, 0) is 35.4 Å². The van der Waals surface area contributed by atoms with Crippen LogP contribution in [0.1, 0.15) is 18.0 Å². The fraction of sp³-hybridized carbons (Fsp3) is 0.133. The average molecular weight is 277 g/mol. The smallest absolute Gasteiger partial charge is 0.305 e. The molecule has 1 atom stereocenters. The van der Waals surface area contributed by atoms with Crippen molar-refractivity contribution in [1.82, 2.24) is 0 Å². The minimum Gasteiger partial charge on any atom is -0.481 e. The molecule has 1 unspecified atom stereocenters. The Morgan fingerprint density at radius 1 is 1.20 bits per heavy atom. The number of aliphatic carboxylic acids is 1. The molecule has 0 fully saturated rings. The Labute approximate surface area is 114 Å². The molecule has 0 radical (unpaired) electrons. The summed E-state index contributed by atoms with van der Waals surface area (Å²) in [6, 6.07) is 8.99. The fourth-order valence-corrected chi connectivity index (χ4v) is 1.96. The molecule has 3 nitrogen and oxygen atoms in total. The lowest BCUT2D eigenvalue weighted by molar-refractivity contribution is -0.137. The molecule has 104 valence electrons. The molecule has 2 aromatic rings. The molecule has 0 amide bonds. The normalized spacial score (nSPS) is 12.2. The van der Waals surface area contributed by atoms with Gasteiger partial charge < -0.3 is 10.8 Å². The summed E-state index contributed by atoms with van der Waals surface area (Å²) in [5.74, 6) is -2.10. The number of carboxylic acid groups (broad SMARTS) is 1. The predicted molar refractivity (Wildman–Crippen MR) is 71.0 cm³/mol. The molecule has 0 aromatic heterocycles. The molecule has 0 spiro atoms. The van der Waals surface area contributed by atoms with Crippen molar-refractivity contribution >= 4 is 5.97 Å². The van der Waals surface area contributed by atoms with E-state index in [1.54, 1.807) is 24.3 Å². The maximum Gasteiger partial charge on any atom is 0.305 e. The highest BCUT2D eigenvalue weighted by Gasteiger charge is 2.13. The minimum absolute atomic E-state index is 0.120. The van der Waals surface area contributed by atoms with Gasteiger partial charge >= 0.3 is 5.97 Å². The van der Waals surface area contributed by atoms with E-state index in [0.717, 1.165) is 18.2 Å². The Hall–Kier alpha value is -2.27. The summed E-state index contributed by atoms with van der Waals surface area (Å²) in [6.07, 6.45) is -0.227. The van der Waals surface area contributed by atoms with Crippen molar-refractivity contribution in [3.63, 3.8) is 0 Å². The van der Waals surface area contributed by atoms with E-state index in [-0.39, 0.29) is 12.0 Å². The van der Waals surface area contributed by atoms with Gasteiger partial charge in [0.15, 0.2) is 0 Å². The van der Waals surface area contributed by atoms with Gasteiger partial charge in [-0.15, -0.1) is 0 Å². The van der Waals surface area contributed by atoms with Crippen LogP contribution in [-0.2, 0) is 4.79 Å². The van der Waals surface area contributed by atoms with Crippen molar-refractivity contribution < 1.29 is 18.7 Å². The molecular weight excluding hydrogens is 264 g/mol.